The molecule has 4 rings (SSSR count). The molecule has 0 saturated carbocycles. The van der Waals surface area contributed by atoms with E-state index in [1.807, 2.05) is 20.8 Å². The first-order valence-corrected chi connectivity index (χ1v) is 15.1. The summed E-state index contributed by atoms with van der Waals surface area (Å²) in [4.78, 5) is 31.2. The highest BCUT2D eigenvalue weighted by Crippen LogP contribution is 2.39. The summed E-state index contributed by atoms with van der Waals surface area (Å²) in [5, 5.41) is 0.159. The number of hydrogen-bond acceptors (Lipinski definition) is 7. The molecule has 1 fully saturated rings. The van der Waals surface area contributed by atoms with Crippen LogP contribution in [0.4, 0.5) is 0 Å². The zero-order chi connectivity index (χ0) is 28.3. The lowest BCUT2D eigenvalue weighted by molar-refractivity contribution is 0.0979. The van der Waals surface area contributed by atoms with Gasteiger partial charge in [-0.05, 0) is 38.5 Å². The van der Waals surface area contributed by atoms with Gasteiger partial charge in [0.25, 0.3) is 5.56 Å². The molecule has 0 aliphatic carbocycles. The smallest absolute Gasteiger partial charge is 0.331 e. The molecule has 1 aliphatic rings. The molecule has 1 saturated heterocycles. The number of aryl methyl sites for hydroxylation is 1. The van der Waals surface area contributed by atoms with Crippen LogP contribution in [0.1, 0.15) is 27.2 Å². The van der Waals surface area contributed by atoms with Gasteiger partial charge in [-0.25, -0.2) is 13.2 Å². The second kappa shape index (κ2) is 12.3. The number of hydrogen-bond donors (Lipinski definition) is 1. The van der Waals surface area contributed by atoms with Crippen molar-refractivity contribution in [2.75, 3.05) is 52.5 Å². The normalized spacial score (nSPS) is 15.3. The number of aromatic nitrogens is 3. The molecule has 0 unspecified atom stereocenters. The number of fused-ring (bicyclic) bond motifs is 1. The quantitative estimate of drug-likeness (QED) is 0.346. The maximum atomic E-state index is 13.6. The van der Waals surface area contributed by atoms with Gasteiger partial charge in [0, 0.05) is 58.5 Å². The number of benzene rings is 1. The SMILES string of the molecule is CCCn1c(=O)n(C)c(=O)c2[nH]c(-c3cc(S(=O)(=O)N4CCN(CCOCC)CC4)ccc3OCC)c(Cl)c21. The predicted molar refractivity (Wildman–Crippen MR) is 151 cm³/mol. The molecule has 0 spiro atoms. The van der Waals surface area contributed by atoms with Gasteiger partial charge in [0.2, 0.25) is 10.0 Å². The monoisotopic (exact) mass is 581 g/mol. The highest BCUT2D eigenvalue weighted by molar-refractivity contribution is 7.89. The third-order valence-corrected chi connectivity index (χ3v) is 9.18. The second-order valence-corrected chi connectivity index (χ2v) is 11.7. The Bertz CT molecular complexity index is 1550. The van der Waals surface area contributed by atoms with E-state index in [1.165, 1.54) is 28.1 Å². The minimum absolute atomic E-state index is 0.0947. The van der Waals surface area contributed by atoms with Gasteiger partial charge in [0.1, 0.15) is 11.3 Å². The highest BCUT2D eigenvalue weighted by atomic mass is 35.5. The molecule has 1 aliphatic heterocycles. The Balaban J connectivity index is 1.77. The number of sulfonamides is 1. The number of nitrogens with zero attached hydrogens (tertiary/aromatic N) is 4. The highest BCUT2D eigenvalue weighted by Gasteiger charge is 2.30. The maximum Gasteiger partial charge on any atom is 0.331 e. The molecule has 0 bridgehead atoms. The van der Waals surface area contributed by atoms with Crippen molar-refractivity contribution in [3.63, 3.8) is 0 Å². The van der Waals surface area contributed by atoms with Gasteiger partial charge >= 0.3 is 5.69 Å². The van der Waals surface area contributed by atoms with Gasteiger partial charge in [-0.15, -0.1) is 0 Å². The molecule has 13 heteroatoms. The van der Waals surface area contributed by atoms with Crippen LogP contribution in [-0.4, -0.2) is 84.3 Å². The van der Waals surface area contributed by atoms with Crippen molar-refractivity contribution in [1.82, 2.24) is 23.3 Å². The standard InChI is InChI=1S/C26H36ClN5O6S/c1-5-10-32-24-21(27)22(28-23(24)25(33)29(4)26(32)34)19-17-18(8-9-20(19)38-7-3)39(35,36)31-13-11-30(12-14-31)15-16-37-6-2/h8-9,17,28H,5-7,10-16H2,1-4H3. The molecule has 39 heavy (non-hydrogen) atoms. The second-order valence-electron chi connectivity index (χ2n) is 9.37. The van der Waals surface area contributed by atoms with Crippen molar-refractivity contribution in [2.24, 2.45) is 7.05 Å². The van der Waals surface area contributed by atoms with E-state index in [0.717, 1.165) is 11.1 Å². The first-order chi connectivity index (χ1) is 18.6. The van der Waals surface area contributed by atoms with Crippen LogP contribution in [-0.2, 0) is 28.4 Å². The Morgan fingerprint density at radius 1 is 1.03 bits per heavy atom. The first kappa shape index (κ1) is 29.3. The summed E-state index contributed by atoms with van der Waals surface area (Å²) in [5.74, 6) is 0.409. The van der Waals surface area contributed by atoms with E-state index in [-0.39, 0.29) is 15.4 Å². The summed E-state index contributed by atoms with van der Waals surface area (Å²) in [5.41, 5.74) is 0.195. The third kappa shape index (κ3) is 5.66. The largest absolute Gasteiger partial charge is 0.493 e. The Morgan fingerprint density at radius 2 is 1.74 bits per heavy atom. The first-order valence-electron chi connectivity index (χ1n) is 13.2. The molecular weight excluding hydrogens is 546 g/mol. The molecule has 0 amide bonds. The lowest BCUT2D eigenvalue weighted by Crippen LogP contribution is -2.49. The van der Waals surface area contributed by atoms with E-state index < -0.39 is 21.3 Å². The fourth-order valence-electron chi connectivity index (χ4n) is 4.85. The van der Waals surface area contributed by atoms with Crippen molar-refractivity contribution in [2.45, 2.75) is 38.6 Å². The van der Waals surface area contributed by atoms with E-state index in [1.54, 1.807) is 6.07 Å². The fourth-order valence-corrected chi connectivity index (χ4v) is 6.64. The summed E-state index contributed by atoms with van der Waals surface area (Å²) < 4.78 is 42.5. The molecule has 0 atom stereocenters. The molecular formula is C26H36ClN5O6S. The molecule has 214 valence electrons. The summed E-state index contributed by atoms with van der Waals surface area (Å²) in [6, 6.07) is 4.64. The number of nitrogens with one attached hydrogen (secondary N) is 1. The number of aromatic amines is 1. The Labute approximate surface area is 232 Å². The number of halogens is 1. The third-order valence-electron chi connectivity index (χ3n) is 6.91. The van der Waals surface area contributed by atoms with Gasteiger partial charge in [0.15, 0.2) is 0 Å². The summed E-state index contributed by atoms with van der Waals surface area (Å²) in [6.45, 7) is 10.4. The van der Waals surface area contributed by atoms with Crippen molar-refractivity contribution >= 4 is 32.7 Å². The topological polar surface area (TPSA) is 119 Å². The average Bonchev–Trinajstić information content (AvgIpc) is 3.27. The van der Waals surface area contributed by atoms with Crippen LogP contribution in [0.3, 0.4) is 0 Å². The maximum absolute atomic E-state index is 13.6. The van der Waals surface area contributed by atoms with Crippen LogP contribution >= 0.6 is 11.6 Å². The average molecular weight is 582 g/mol. The molecule has 11 nitrogen and oxygen atoms in total. The van der Waals surface area contributed by atoms with Crippen LogP contribution in [0.5, 0.6) is 5.75 Å². The minimum Gasteiger partial charge on any atom is -0.493 e. The van der Waals surface area contributed by atoms with Gasteiger partial charge in [-0.3, -0.25) is 18.8 Å². The fraction of sp³-hybridized carbons (Fsp3) is 0.538. The number of H-pyrrole nitrogens is 1. The summed E-state index contributed by atoms with van der Waals surface area (Å²) in [7, 11) is -2.40. The van der Waals surface area contributed by atoms with E-state index in [2.05, 4.69) is 9.88 Å². The van der Waals surface area contributed by atoms with Gasteiger partial charge in [0.05, 0.1) is 34.3 Å². The zero-order valence-corrected chi connectivity index (χ0v) is 24.4. The molecule has 0 radical (unpaired) electrons. The van der Waals surface area contributed by atoms with Crippen molar-refractivity contribution in [3.05, 3.63) is 44.1 Å². The summed E-state index contributed by atoms with van der Waals surface area (Å²) >= 11 is 6.81. The van der Waals surface area contributed by atoms with Gasteiger partial charge in [-0.2, -0.15) is 4.31 Å². The van der Waals surface area contributed by atoms with Gasteiger partial charge < -0.3 is 14.5 Å². The Morgan fingerprint density at radius 3 is 2.38 bits per heavy atom. The van der Waals surface area contributed by atoms with Crippen molar-refractivity contribution in [3.8, 4) is 17.0 Å². The predicted octanol–water partition coefficient (Wildman–Crippen LogP) is 2.50. The molecule has 3 aromatic rings. The lowest BCUT2D eigenvalue weighted by Gasteiger charge is -2.33. The van der Waals surface area contributed by atoms with Crippen LogP contribution in [0, 0.1) is 0 Å². The number of ether oxygens (including phenoxy) is 2. The van der Waals surface area contributed by atoms with Crippen molar-refractivity contribution < 1.29 is 17.9 Å². The Hall–Kier alpha value is -2.64. The summed E-state index contributed by atoms with van der Waals surface area (Å²) in [6.07, 6.45) is 0.654. The lowest BCUT2D eigenvalue weighted by atomic mass is 10.1. The van der Waals surface area contributed by atoms with E-state index in [4.69, 9.17) is 21.1 Å². The van der Waals surface area contributed by atoms with E-state index in [9.17, 15) is 18.0 Å². The van der Waals surface area contributed by atoms with Crippen LogP contribution in [0.15, 0.2) is 32.7 Å². The molecule has 3 heterocycles. The van der Waals surface area contributed by atoms with E-state index >= 15 is 0 Å². The molecule has 1 N–H and O–H groups in total. The molecule has 2 aromatic heterocycles. The van der Waals surface area contributed by atoms with Crippen LogP contribution < -0.4 is 16.0 Å². The number of piperazine rings is 1. The van der Waals surface area contributed by atoms with E-state index in [0.29, 0.717) is 81.5 Å². The Kier molecular flexibility index (Phi) is 9.22. The minimum atomic E-state index is -3.81. The van der Waals surface area contributed by atoms with Crippen LogP contribution in [0.25, 0.3) is 22.3 Å². The number of rotatable bonds is 11. The molecule has 1 aromatic carbocycles. The van der Waals surface area contributed by atoms with Gasteiger partial charge in [-0.1, -0.05) is 18.5 Å². The van der Waals surface area contributed by atoms with Crippen LogP contribution in [0.2, 0.25) is 5.02 Å². The van der Waals surface area contributed by atoms with Crippen molar-refractivity contribution in [1.29, 1.82) is 0 Å². The zero-order valence-electron chi connectivity index (χ0n) is 22.8.